The fraction of sp³-hybridized carbons (Fsp3) is 0.300. The van der Waals surface area contributed by atoms with Crippen molar-refractivity contribution in [3.8, 4) is 0 Å². The molecule has 0 aliphatic heterocycles. The highest BCUT2D eigenvalue weighted by atomic mass is 35.5. The molecule has 1 amide bonds. The van der Waals surface area contributed by atoms with Crippen molar-refractivity contribution in [1.82, 2.24) is 4.72 Å². The Morgan fingerprint density at radius 2 is 1.73 bits per heavy atom. The van der Waals surface area contributed by atoms with Gasteiger partial charge in [0, 0.05) is 17.1 Å². The third-order valence-electron chi connectivity index (χ3n) is 4.14. The summed E-state index contributed by atoms with van der Waals surface area (Å²) in [5.41, 5.74) is 1.23. The van der Waals surface area contributed by atoms with Gasteiger partial charge < -0.3 is 10.1 Å². The van der Waals surface area contributed by atoms with Gasteiger partial charge in [0.25, 0.3) is 10.1 Å². The summed E-state index contributed by atoms with van der Waals surface area (Å²) < 4.78 is 59.7. The van der Waals surface area contributed by atoms with E-state index >= 15 is 0 Å². The molecular formula is C20H23ClN2O8S2. The lowest BCUT2D eigenvalue weighted by Gasteiger charge is -2.18. The second-order valence-electron chi connectivity index (χ2n) is 6.89. The number of aryl methyl sites for hydroxylation is 1. The number of halogens is 1. The second-order valence-corrected chi connectivity index (χ2v) is 10.6. The van der Waals surface area contributed by atoms with Crippen molar-refractivity contribution >= 4 is 49.3 Å². The first kappa shape index (κ1) is 26.7. The first-order valence-corrected chi connectivity index (χ1v) is 13.2. The van der Waals surface area contributed by atoms with Gasteiger partial charge in [-0.25, -0.2) is 12.6 Å². The zero-order chi connectivity index (χ0) is 24.6. The van der Waals surface area contributed by atoms with Crippen LogP contribution in [0.4, 0.5) is 5.69 Å². The molecule has 13 heteroatoms. The van der Waals surface area contributed by atoms with Crippen LogP contribution >= 0.6 is 11.6 Å². The van der Waals surface area contributed by atoms with Gasteiger partial charge in [0.2, 0.25) is 15.9 Å². The van der Waals surface area contributed by atoms with Crippen LogP contribution < -0.4 is 10.0 Å². The Labute approximate surface area is 197 Å². The van der Waals surface area contributed by atoms with Gasteiger partial charge in [-0.3, -0.25) is 9.59 Å². The summed E-state index contributed by atoms with van der Waals surface area (Å²) >= 11 is 5.82. The average Bonchev–Trinajstić information content (AvgIpc) is 2.71. The number of amides is 1. The maximum Gasteiger partial charge on any atom is 0.305 e. The Bertz CT molecular complexity index is 1200. The van der Waals surface area contributed by atoms with Gasteiger partial charge in [0.05, 0.1) is 24.7 Å². The van der Waals surface area contributed by atoms with E-state index in [0.717, 1.165) is 11.8 Å². The lowest BCUT2D eigenvalue weighted by molar-refractivity contribution is -0.140. The van der Waals surface area contributed by atoms with Crippen molar-refractivity contribution in [2.24, 2.45) is 0 Å². The monoisotopic (exact) mass is 518 g/mol. The fourth-order valence-electron chi connectivity index (χ4n) is 2.67. The van der Waals surface area contributed by atoms with Crippen molar-refractivity contribution in [2.45, 2.75) is 30.4 Å². The number of sulfonamides is 1. The summed E-state index contributed by atoms with van der Waals surface area (Å²) in [4.78, 5) is 23.4. The van der Waals surface area contributed by atoms with Crippen molar-refractivity contribution in [2.75, 3.05) is 18.7 Å². The highest BCUT2D eigenvalue weighted by molar-refractivity contribution is 7.89. The number of nitrogens with one attached hydrogen (secondary N) is 2. The number of esters is 1. The van der Waals surface area contributed by atoms with Crippen LogP contribution in [0.1, 0.15) is 18.4 Å². The zero-order valence-electron chi connectivity index (χ0n) is 17.8. The van der Waals surface area contributed by atoms with Crippen molar-refractivity contribution in [3.63, 3.8) is 0 Å². The van der Waals surface area contributed by atoms with Crippen molar-refractivity contribution in [3.05, 3.63) is 59.1 Å². The Morgan fingerprint density at radius 3 is 2.30 bits per heavy atom. The number of ether oxygens (including phenoxy) is 1. The van der Waals surface area contributed by atoms with Crippen LogP contribution in [0.15, 0.2) is 53.4 Å². The lowest BCUT2D eigenvalue weighted by Crippen LogP contribution is -2.40. The van der Waals surface area contributed by atoms with E-state index in [4.69, 9.17) is 15.8 Å². The van der Waals surface area contributed by atoms with E-state index in [1.165, 1.54) is 31.4 Å². The predicted molar refractivity (Wildman–Crippen MR) is 122 cm³/mol. The summed E-state index contributed by atoms with van der Waals surface area (Å²) in [5.74, 6) is -1.04. The van der Waals surface area contributed by atoms with Crippen LogP contribution in [0, 0.1) is 0 Å². The number of benzene rings is 2. The molecule has 10 nitrogen and oxygen atoms in total. The van der Waals surface area contributed by atoms with Crippen LogP contribution in [0.2, 0.25) is 5.02 Å². The van der Waals surface area contributed by atoms with E-state index in [2.05, 4.69) is 14.8 Å². The van der Waals surface area contributed by atoms with Crippen LogP contribution in [-0.2, 0) is 45.1 Å². The number of anilines is 1. The molecular weight excluding hydrogens is 496 g/mol. The summed E-state index contributed by atoms with van der Waals surface area (Å²) in [6.45, 7) is 0. The van der Waals surface area contributed by atoms with E-state index < -0.39 is 38.7 Å². The predicted octanol–water partition coefficient (Wildman–Crippen LogP) is 2.05. The van der Waals surface area contributed by atoms with Gasteiger partial charge in [-0.15, -0.1) is 0 Å². The molecule has 0 heterocycles. The molecule has 2 rings (SSSR count). The molecule has 180 valence electrons. The van der Waals surface area contributed by atoms with Gasteiger partial charge in [-0.2, -0.15) is 13.1 Å². The van der Waals surface area contributed by atoms with Gasteiger partial charge in [-0.05, 0) is 42.3 Å². The smallest absolute Gasteiger partial charge is 0.305 e. The Kier molecular flexibility index (Phi) is 9.37. The SMILES string of the molecule is COC(=O)CCc1ccc(NC(=O)CC(NS(=O)(=O)c2cccc(Cl)c2)OS(C)(=O)=O)cc1. The van der Waals surface area contributed by atoms with E-state index in [1.807, 2.05) is 0 Å². The standard InChI is InChI=1S/C20H23ClN2O8S2/c1-30-20(25)11-8-14-6-9-16(10-7-14)22-18(24)13-19(31-32(2,26)27)23-33(28,29)17-5-3-4-15(21)12-17/h3-7,9-10,12,19,23H,8,11,13H2,1-2H3,(H,22,24). The quantitative estimate of drug-likeness (QED) is 0.261. The number of hydrogen-bond donors (Lipinski definition) is 2. The number of carbonyl (C=O) groups is 2. The summed E-state index contributed by atoms with van der Waals surface area (Å²) in [7, 11) is -7.03. The van der Waals surface area contributed by atoms with Crippen molar-refractivity contribution < 1.29 is 35.3 Å². The Hall–Kier alpha value is -2.51. The highest BCUT2D eigenvalue weighted by Crippen LogP contribution is 2.17. The molecule has 0 saturated heterocycles. The fourth-order valence-corrected chi connectivity index (χ4v) is 4.67. The van der Waals surface area contributed by atoms with Gasteiger partial charge in [-0.1, -0.05) is 29.8 Å². The van der Waals surface area contributed by atoms with Gasteiger partial charge in [0.15, 0.2) is 0 Å². The zero-order valence-corrected chi connectivity index (χ0v) is 20.2. The Balaban J connectivity index is 2.07. The highest BCUT2D eigenvalue weighted by Gasteiger charge is 2.26. The molecule has 0 saturated carbocycles. The number of rotatable bonds is 11. The molecule has 0 spiro atoms. The third-order valence-corrected chi connectivity index (χ3v) is 6.40. The molecule has 0 aromatic heterocycles. The molecule has 0 aliphatic carbocycles. The molecule has 1 atom stereocenters. The van der Waals surface area contributed by atoms with E-state index in [0.29, 0.717) is 12.1 Å². The first-order valence-electron chi connectivity index (χ1n) is 9.50. The van der Waals surface area contributed by atoms with E-state index in [-0.39, 0.29) is 22.3 Å². The first-order chi connectivity index (χ1) is 15.4. The minimum absolute atomic E-state index is 0.159. The molecule has 2 aromatic rings. The molecule has 1 unspecified atom stereocenters. The second kappa shape index (κ2) is 11.6. The summed E-state index contributed by atoms with van der Waals surface area (Å²) in [6.07, 6.45) is -0.922. The minimum Gasteiger partial charge on any atom is -0.469 e. The maximum absolute atomic E-state index is 12.6. The number of hydrogen-bond acceptors (Lipinski definition) is 8. The van der Waals surface area contributed by atoms with Gasteiger partial charge in [0.1, 0.15) is 6.23 Å². The molecule has 0 aliphatic rings. The van der Waals surface area contributed by atoms with E-state index in [1.54, 1.807) is 24.3 Å². The molecule has 2 aromatic carbocycles. The molecule has 0 fully saturated rings. The van der Waals surface area contributed by atoms with Crippen LogP contribution in [0.3, 0.4) is 0 Å². The minimum atomic E-state index is -4.24. The summed E-state index contributed by atoms with van der Waals surface area (Å²) in [6, 6.07) is 11.9. The average molecular weight is 519 g/mol. The number of methoxy groups -OCH3 is 1. The maximum atomic E-state index is 12.6. The Morgan fingerprint density at radius 1 is 1.06 bits per heavy atom. The third kappa shape index (κ3) is 9.48. The van der Waals surface area contributed by atoms with Crippen LogP contribution in [-0.4, -0.2) is 48.3 Å². The number of carbonyl (C=O) groups excluding carboxylic acids is 2. The molecule has 0 bridgehead atoms. The largest absolute Gasteiger partial charge is 0.469 e. The molecule has 0 radical (unpaired) electrons. The molecule has 2 N–H and O–H groups in total. The lowest BCUT2D eigenvalue weighted by atomic mass is 10.1. The van der Waals surface area contributed by atoms with Crippen LogP contribution in [0.25, 0.3) is 0 Å². The van der Waals surface area contributed by atoms with Gasteiger partial charge >= 0.3 is 5.97 Å². The molecule has 33 heavy (non-hydrogen) atoms. The van der Waals surface area contributed by atoms with Crippen LogP contribution in [0.5, 0.6) is 0 Å². The van der Waals surface area contributed by atoms with E-state index in [9.17, 15) is 26.4 Å². The topological polar surface area (TPSA) is 145 Å². The van der Waals surface area contributed by atoms with Crippen molar-refractivity contribution in [1.29, 1.82) is 0 Å². The summed E-state index contributed by atoms with van der Waals surface area (Å²) in [5, 5.41) is 2.69. The normalized spacial score (nSPS) is 12.7.